The Morgan fingerprint density at radius 1 is 1.26 bits per heavy atom. The maximum Gasteiger partial charge on any atom is 0.196 e. The Balaban J connectivity index is 2.11. The number of rotatable bonds is 1. The van der Waals surface area contributed by atoms with Crippen LogP contribution in [0.25, 0.3) is 11.3 Å². The van der Waals surface area contributed by atoms with Crippen LogP contribution >= 0.6 is 11.5 Å². The molecule has 1 aliphatic rings. The van der Waals surface area contributed by atoms with Gasteiger partial charge < -0.3 is 4.90 Å². The van der Waals surface area contributed by atoms with Gasteiger partial charge in [-0.2, -0.15) is 14.7 Å². The fourth-order valence-electron chi connectivity index (χ4n) is 3.76. The SMILES string of the molecule is C=C(C)c1nsc2c1N=Nc1c(C#N)c(C(C)(C)C)nn1-c1c(C)cccc1CN2C. The third-order valence-corrected chi connectivity index (χ3v) is 6.22. The van der Waals surface area contributed by atoms with Crippen LogP contribution in [0.2, 0.25) is 0 Å². The lowest BCUT2D eigenvalue weighted by molar-refractivity contribution is 0.558. The van der Waals surface area contributed by atoms with E-state index in [2.05, 4.69) is 38.2 Å². The number of aromatic nitrogens is 3. The molecule has 1 aromatic carbocycles. The minimum Gasteiger partial charge on any atom is -0.359 e. The highest BCUT2D eigenvalue weighted by Crippen LogP contribution is 2.43. The Morgan fingerprint density at radius 3 is 2.65 bits per heavy atom. The van der Waals surface area contributed by atoms with Crippen LogP contribution in [0.3, 0.4) is 0 Å². The fourth-order valence-corrected chi connectivity index (χ4v) is 4.61. The molecule has 0 atom stereocenters. The second kappa shape index (κ2) is 7.43. The number of benzene rings is 1. The van der Waals surface area contributed by atoms with Gasteiger partial charge in [0.25, 0.3) is 0 Å². The van der Waals surface area contributed by atoms with Crippen molar-refractivity contribution in [3.8, 4) is 11.8 Å². The Hall–Kier alpha value is -3.31. The Bertz CT molecular complexity index is 1260. The monoisotopic (exact) mass is 431 g/mol. The standard InChI is InChI=1S/C23H25N7S/c1-13(2)17-18-22(31-28-17)29(7)12-15-10-8-9-14(3)19(15)30-21(26-25-18)16(11-24)20(27-30)23(4,5)6/h8-10H,1,12H2,2-7H3. The third kappa shape index (κ3) is 3.45. The van der Waals surface area contributed by atoms with Gasteiger partial charge in [-0.1, -0.05) is 45.5 Å². The van der Waals surface area contributed by atoms with Gasteiger partial charge in [-0.3, -0.25) is 0 Å². The number of nitrogens with zero attached hydrogens (tertiary/aromatic N) is 7. The van der Waals surface area contributed by atoms with Crippen molar-refractivity contribution >= 4 is 33.6 Å². The number of hydrogen-bond donors (Lipinski definition) is 0. The molecule has 0 radical (unpaired) electrons. The topological polar surface area (TPSA) is 82.5 Å². The van der Waals surface area contributed by atoms with Crippen LogP contribution < -0.4 is 4.90 Å². The number of aryl methyl sites for hydroxylation is 1. The molecule has 1 aliphatic heterocycles. The highest BCUT2D eigenvalue weighted by atomic mass is 32.1. The van der Waals surface area contributed by atoms with E-state index in [0.717, 1.165) is 33.1 Å². The lowest BCUT2D eigenvalue weighted by atomic mass is 9.90. The number of para-hydroxylation sites is 1. The highest BCUT2D eigenvalue weighted by molar-refractivity contribution is 7.11. The van der Waals surface area contributed by atoms with E-state index >= 15 is 0 Å². The lowest BCUT2D eigenvalue weighted by Crippen LogP contribution is -2.18. The van der Waals surface area contributed by atoms with Gasteiger partial charge in [0.1, 0.15) is 28.0 Å². The van der Waals surface area contributed by atoms with Crippen LogP contribution in [0, 0.1) is 18.3 Å². The van der Waals surface area contributed by atoms with Gasteiger partial charge in [0.05, 0.1) is 11.4 Å². The predicted octanol–water partition coefficient (Wildman–Crippen LogP) is 6.20. The molecule has 0 spiro atoms. The quantitative estimate of drug-likeness (QED) is 0.459. The van der Waals surface area contributed by atoms with Gasteiger partial charge in [-0.05, 0) is 42.1 Å². The van der Waals surface area contributed by atoms with Crippen molar-refractivity contribution in [1.29, 1.82) is 5.26 Å². The van der Waals surface area contributed by atoms with Gasteiger partial charge in [0.2, 0.25) is 0 Å². The van der Waals surface area contributed by atoms with Crippen LogP contribution in [0.1, 0.15) is 55.8 Å². The van der Waals surface area contributed by atoms with E-state index in [1.165, 1.54) is 11.5 Å². The summed E-state index contributed by atoms with van der Waals surface area (Å²) in [6, 6.07) is 8.51. The lowest BCUT2D eigenvalue weighted by Gasteiger charge is -2.22. The molecule has 0 saturated carbocycles. The van der Waals surface area contributed by atoms with Crippen LogP contribution in [0.15, 0.2) is 35.0 Å². The zero-order chi connectivity index (χ0) is 22.5. The fraction of sp³-hybridized carbons (Fsp3) is 0.348. The molecule has 158 valence electrons. The molecule has 3 heterocycles. The number of anilines is 1. The summed E-state index contributed by atoms with van der Waals surface area (Å²) >= 11 is 1.38. The van der Waals surface area contributed by atoms with Crippen molar-refractivity contribution in [2.24, 2.45) is 10.2 Å². The molecule has 31 heavy (non-hydrogen) atoms. The van der Waals surface area contributed by atoms with E-state index in [-0.39, 0.29) is 5.41 Å². The van der Waals surface area contributed by atoms with E-state index < -0.39 is 0 Å². The second-order valence-electron chi connectivity index (χ2n) is 8.92. The van der Waals surface area contributed by atoms with Crippen molar-refractivity contribution in [2.45, 2.75) is 46.6 Å². The van der Waals surface area contributed by atoms with Crippen LogP contribution in [0.5, 0.6) is 0 Å². The van der Waals surface area contributed by atoms with Crippen molar-refractivity contribution in [3.63, 3.8) is 0 Å². The summed E-state index contributed by atoms with van der Waals surface area (Å²) in [5.74, 6) is 0.442. The largest absolute Gasteiger partial charge is 0.359 e. The molecule has 3 aromatic rings. The van der Waals surface area contributed by atoms with Crippen LogP contribution in [-0.4, -0.2) is 21.2 Å². The molecule has 4 rings (SSSR count). The molecule has 7 nitrogen and oxygen atoms in total. The van der Waals surface area contributed by atoms with Gasteiger partial charge in [0.15, 0.2) is 5.82 Å². The minimum atomic E-state index is -0.321. The summed E-state index contributed by atoms with van der Waals surface area (Å²) in [6.45, 7) is 14.8. The molecule has 0 bridgehead atoms. The van der Waals surface area contributed by atoms with Gasteiger partial charge >= 0.3 is 0 Å². The molecule has 0 amide bonds. The first-order chi connectivity index (χ1) is 14.6. The summed E-state index contributed by atoms with van der Waals surface area (Å²) in [7, 11) is 2.02. The smallest absolute Gasteiger partial charge is 0.196 e. The van der Waals surface area contributed by atoms with Crippen LogP contribution in [-0.2, 0) is 12.0 Å². The molecule has 0 fully saturated rings. The first kappa shape index (κ1) is 20.9. The van der Waals surface area contributed by atoms with Gasteiger partial charge in [-0.15, -0.1) is 10.2 Å². The minimum absolute atomic E-state index is 0.321. The molecule has 0 N–H and O–H groups in total. The van der Waals surface area contributed by atoms with Crippen LogP contribution in [0.4, 0.5) is 16.5 Å². The molecular formula is C23H25N7S. The average molecular weight is 432 g/mol. The van der Waals surface area contributed by atoms with E-state index in [4.69, 9.17) is 5.10 Å². The Kier molecular flexibility index (Phi) is 5.02. The van der Waals surface area contributed by atoms with Gasteiger partial charge in [0, 0.05) is 19.0 Å². The first-order valence-corrected chi connectivity index (χ1v) is 10.8. The van der Waals surface area contributed by atoms with E-state index in [0.29, 0.717) is 29.3 Å². The Labute approximate surface area is 186 Å². The second-order valence-corrected chi connectivity index (χ2v) is 9.68. The summed E-state index contributed by atoms with van der Waals surface area (Å²) in [5, 5.41) is 25.0. The summed E-state index contributed by atoms with van der Waals surface area (Å²) in [4.78, 5) is 2.13. The average Bonchev–Trinajstić information content (AvgIpc) is 3.27. The van der Waals surface area contributed by atoms with E-state index in [1.807, 2.05) is 53.8 Å². The van der Waals surface area contributed by atoms with Gasteiger partial charge in [-0.25, -0.2) is 4.68 Å². The van der Waals surface area contributed by atoms with Crippen molar-refractivity contribution in [3.05, 3.63) is 52.9 Å². The molecule has 0 aliphatic carbocycles. The van der Waals surface area contributed by atoms with Crippen molar-refractivity contribution < 1.29 is 0 Å². The summed E-state index contributed by atoms with van der Waals surface area (Å²) in [5.41, 5.74) is 6.12. The maximum absolute atomic E-state index is 10.0. The molecular weight excluding hydrogens is 406 g/mol. The summed E-state index contributed by atoms with van der Waals surface area (Å²) < 4.78 is 6.35. The molecule has 0 saturated heterocycles. The predicted molar refractivity (Wildman–Crippen MR) is 125 cm³/mol. The number of nitriles is 1. The molecule has 0 unspecified atom stereocenters. The third-order valence-electron chi connectivity index (χ3n) is 5.27. The number of azo groups is 1. The van der Waals surface area contributed by atoms with E-state index in [9.17, 15) is 5.26 Å². The number of fused-ring (bicyclic) bond motifs is 4. The maximum atomic E-state index is 10.0. The summed E-state index contributed by atoms with van der Waals surface area (Å²) in [6.07, 6.45) is 0. The highest BCUT2D eigenvalue weighted by Gasteiger charge is 2.30. The normalized spacial score (nSPS) is 13.3. The van der Waals surface area contributed by atoms with Crippen molar-refractivity contribution in [2.75, 3.05) is 11.9 Å². The zero-order valence-corrected chi connectivity index (χ0v) is 19.5. The zero-order valence-electron chi connectivity index (χ0n) is 18.7. The molecule has 2 aromatic heterocycles. The molecule has 8 heteroatoms. The first-order valence-electron chi connectivity index (χ1n) is 10.0. The van der Waals surface area contributed by atoms with Crippen molar-refractivity contribution in [1.82, 2.24) is 14.2 Å². The Morgan fingerprint density at radius 2 is 2.00 bits per heavy atom. The van der Waals surface area contributed by atoms with E-state index in [1.54, 1.807) is 4.68 Å². The number of hydrogen-bond acceptors (Lipinski definition) is 7. The number of allylic oxidation sites excluding steroid dienone is 1.